The lowest BCUT2D eigenvalue weighted by Gasteiger charge is -2.34. The van der Waals surface area contributed by atoms with Crippen molar-refractivity contribution in [3.05, 3.63) is 12.4 Å². The molecule has 1 saturated heterocycles. The first-order chi connectivity index (χ1) is 8.56. The number of hydrogen-bond acceptors (Lipinski definition) is 4. The lowest BCUT2D eigenvalue weighted by molar-refractivity contribution is 0.231. The zero-order valence-electron chi connectivity index (χ0n) is 11.1. The molecule has 4 nitrogen and oxygen atoms in total. The van der Waals surface area contributed by atoms with Crippen LogP contribution >= 0.6 is 11.6 Å². The Morgan fingerprint density at radius 2 is 2.22 bits per heavy atom. The Hall–Kier alpha value is -1.03. The van der Waals surface area contributed by atoms with E-state index in [1.54, 1.807) is 12.4 Å². The summed E-state index contributed by atoms with van der Waals surface area (Å²) in [6, 6.07) is 0. The molecule has 2 atom stereocenters. The standard InChI is InChI=1S/C13H20ClN3O/c1-9(2)18-13-7-15-6-12(16-13)17-5-4-11(14)10(3)8-17/h6-7,9-11H,4-5,8H2,1-3H3. The Morgan fingerprint density at radius 3 is 2.89 bits per heavy atom. The average Bonchev–Trinajstić information content (AvgIpc) is 2.32. The normalized spacial score (nSPS) is 24.4. The predicted octanol–water partition coefficient (Wildman–Crippen LogP) is 2.72. The van der Waals surface area contributed by atoms with E-state index in [-0.39, 0.29) is 11.5 Å². The second-order valence-electron chi connectivity index (χ2n) is 5.11. The number of piperidine rings is 1. The minimum atomic E-state index is 0.113. The van der Waals surface area contributed by atoms with Gasteiger partial charge >= 0.3 is 0 Å². The van der Waals surface area contributed by atoms with Gasteiger partial charge in [0.1, 0.15) is 0 Å². The highest BCUT2D eigenvalue weighted by atomic mass is 35.5. The number of anilines is 1. The highest BCUT2D eigenvalue weighted by molar-refractivity contribution is 6.20. The number of aromatic nitrogens is 2. The maximum Gasteiger partial charge on any atom is 0.234 e. The van der Waals surface area contributed by atoms with Crippen molar-refractivity contribution in [3.8, 4) is 5.88 Å². The van der Waals surface area contributed by atoms with Gasteiger partial charge in [0.2, 0.25) is 5.88 Å². The van der Waals surface area contributed by atoms with Crippen LogP contribution in [-0.2, 0) is 0 Å². The fraction of sp³-hybridized carbons (Fsp3) is 0.692. The van der Waals surface area contributed by atoms with E-state index in [1.807, 2.05) is 13.8 Å². The lowest BCUT2D eigenvalue weighted by Crippen LogP contribution is -2.40. The lowest BCUT2D eigenvalue weighted by atomic mass is 10.00. The minimum absolute atomic E-state index is 0.113. The maximum absolute atomic E-state index is 6.23. The molecule has 2 unspecified atom stereocenters. The summed E-state index contributed by atoms with van der Waals surface area (Å²) in [6.07, 6.45) is 4.54. The first kappa shape index (κ1) is 13.4. The molecule has 0 aliphatic carbocycles. The van der Waals surface area contributed by atoms with Gasteiger partial charge in [0.15, 0.2) is 5.82 Å². The molecule has 0 radical (unpaired) electrons. The summed E-state index contributed by atoms with van der Waals surface area (Å²) in [5.74, 6) is 1.93. The molecule has 0 amide bonds. The molecule has 0 aromatic carbocycles. The van der Waals surface area contributed by atoms with Gasteiger partial charge in [-0.3, -0.25) is 4.98 Å². The summed E-state index contributed by atoms with van der Waals surface area (Å²) in [7, 11) is 0. The smallest absolute Gasteiger partial charge is 0.234 e. The Kier molecular flexibility index (Phi) is 4.27. The topological polar surface area (TPSA) is 38.2 Å². The number of hydrogen-bond donors (Lipinski definition) is 0. The van der Waals surface area contributed by atoms with Crippen LogP contribution < -0.4 is 9.64 Å². The van der Waals surface area contributed by atoms with Gasteiger partial charge in [0.05, 0.1) is 18.5 Å². The van der Waals surface area contributed by atoms with Crippen LogP contribution in [0, 0.1) is 5.92 Å². The third-order valence-corrected chi connectivity index (χ3v) is 3.73. The van der Waals surface area contributed by atoms with Crippen LogP contribution in [0.1, 0.15) is 27.2 Å². The third-order valence-electron chi connectivity index (χ3n) is 3.08. The van der Waals surface area contributed by atoms with Crippen molar-refractivity contribution in [2.75, 3.05) is 18.0 Å². The van der Waals surface area contributed by atoms with Gasteiger partial charge in [-0.1, -0.05) is 6.92 Å². The molecule has 0 saturated carbocycles. The first-order valence-corrected chi connectivity index (χ1v) is 6.87. The van der Waals surface area contributed by atoms with E-state index < -0.39 is 0 Å². The van der Waals surface area contributed by atoms with Crippen LogP contribution in [0.15, 0.2) is 12.4 Å². The van der Waals surface area contributed by atoms with Gasteiger partial charge in [0.25, 0.3) is 0 Å². The molecule has 1 aliphatic rings. The number of nitrogens with zero attached hydrogens (tertiary/aromatic N) is 3. The minimum Gasteiger partial charge on any atom is -0.474 e. The zero-order valence-corrected chi connectivity index (χ0v) is 11.9. The number of rotatable bonds is 3. The number of halogens is 1. The summed E-state index contributed by atoms with van der Waals surface area (Å²) in [5.41, 5.74) is 0. The Labute approximate surface area is 113 Å². The summed E-state index contributed by atoms with van der Waals surface area (Å²) in [4.78, 5) is 10.9. The van der Waals surface area contributed by atoms with Crippen molar-refractivity contribution in [2.45, 2.75) is 38.7 Å². The van der Waals surface area contributed by atoms with Crippen molar-refractivity contribution in [3.63, 3.8) is 0 Å². The molecule has 18 heavy (non-hydrogen) atoms. The van der Waals surface area contributed by atoms with Gasteiger partial charge in [-0.2, -0.15) is 4.98 Å². The molecule has 1 fully saturated rings. The highest BCUT2D eigenvalue weighted by Crippen LogP contribution is 2.25. The van der Waals surface area contributed by atoms with Crippen LogP contribution in [-0.4, -0.2) is 34.5 Å². The van der Waals surface area contributed by atoms with Crippen molar-refractivity contribution in [1.29, 1.82) is 0 Å². The summed E-state index contributed by atoms with van der Waals surface area (Å²) < 4.78 is 5.57. The van der Waals surface area contributed by atoms with E-state index in [0.29, 0.717) is 11.8 Å². The Morgan fingerprint density at radius 1 is 1.44 bits per heavy atom. The Balaban J connectivity index is 2.08. The second-order valence-corrected chi connectivity index (χ2v) is 5.67. The van der Waals surface area contributed by atoms with Crippen molar-refractivity contribution < 1.29 is 4.74 Å². The molecule has 1 aliphatic heterocycles. The summed E-state index contributed by atoms with van der Waals surface area (Å²) in [6.45, 7) is 7.99. The van der Waals surface area contributed by atoms with Crippen LogP contribution in [0.2, 0.25) is 0 Å². The molecule has 2 rings (SSSR count). The van der Waals surface area contributed by atoms with Crippen molar-refractivity contribution >= 4 is 17.4 Å². The summed E-state index contributed by atoms with van der Waals surface area (Å²) in [5, 5.41) is 0.268. The fourth-order valence-corrected chi connectivity index (χ4v) is 2.29. The highest BCUT2D eigenvalue weighted by Gasteiger charge is 2.25. The molecule has 2 heterocycles. The van der Waals surface area contributed by atoms with Crippen molar-refractivity contribution in [1.82, 2.24) is 9.97 Å². The fourth-order valence-electron chi connectivity index (χ4n) is 2.11. The number of alkyl halides is 1. The van der Waals surface area contributed by atoms with Crippen LogP contribution in [0.4, 0.5) is 5.82 Å². The quantitative estimate of drug-likeness (QED) is 0.791. The molecular weight excluding hydrogens is 250 g/mol. The molecule has 100 valence electrons. The van der Waals surface area contributed by atoms with Gasteiger partial charge in [0, 0.05) is 18.5 Å². The maximum atomic E-state index is 6.23. The zero-order chi connectivity index (χ0) is 13.1. The average molecular weight is 270 g/mol. The van der Waals surface area contributed by atoms with Crippen molar-refractivity contribution in [2.24, 2.45) is 5.92 Å². The molecule has 0 spiro atoms. The van der Waals surface area contributed by atoms with E-state index in [2.05, 4.69) is 21.8 Å². The van der Waals surface area contributed by atoms with E-state index in [9.17, 15) is 0 Å². The van der Waals surface area contributed by atoms with Gasteiger partial charge in [-0.05, 0) is 26.2 Å². The predicted molar refractivity (Wildman–Crippen MR) is 73.4 cm³/mol. The van der Waals surface area contributed by atoms with E-state index in [0.717, 1.165) is 25.3 Å². The van der Waals surface area contributed by atoms with Crippen LogP contribution in [0.3, 0.4) is 0 Å². The molecule has 5 heteroatoms. The van der Waals surface area contributed by atoms with Gasteiger partial charge in [-0.15, -0.1) is 11.6 Å². The van der Waals surface area contributed by atoms with Gasteiger partial charge in [-0.25, -0.2) is 0 Å². The SMILES string of the molecule is CC(C)Oc1cncc(N2CCC(Cl)C(C)C2)n1. The Bertz CT molecular complexity index is 400. The van der Waals surface area contributed by atoms with Gasteiger partial charge < -0.3 is 9.64 Å². The summed E-state index contributed by atoms with van der Waals surface area (Å²) >= 11 is 6.23. The third kappa shape index (κ3) is 3.25. The molecule has 0 N–H and O–H groups in total. The molecule has 0 bridgehead atoms. The molecule has 1 aromatic rings. The number of ether oxygens (including phenoxy) is 1. The molecular formula is C13H20ClN3O. The van der Waals surface area contributed by atoms with E-state index in [1.165, 1.54) is 0 Å². The first-order valence-electron chi connectivity index (χ1n) is 6.44. The van der Waals surface area contributed by atoms with E-state index >= 15 is 0 Å². The molecule has 1 aromatic heterocycles. The largest absolute Gasteiger partial charge is 0.474 e. The van der Waals surface area contributed by atoms with E-state index in [4.69, 9.17) is 16.3 Å². The second kappa shape index (κ2) is 5.74. The van der Waals surface area contributed by atoms with Crippen LogP contribution in [0.5, 0.6) is 5.88 Å². The monoisotopic (exact) mass is 269 g/mol. The van der Waals surface area contributed by atoms with Crippen LogP contribution in [0.25, 0.3) is 0 Å².